The Morgan fingerprint density at radius 3 is 2.81 bits per heavy atom. The second-order valence-electron chi connectivity index (χ2n) is 3.24. The molecule has 0 unspecified atom stereocenters. The molecule has 1 heterocycles. The van der Waals surface area contributed by atoms with Crippen LogP contribution in [0, 0.1) is 6.92 Å². The Balaban J connectivity index is 2.34. The molecule has 16 heavy (non-hydrogen) atoms. The lowest BCUT2D eigenvalue weighted by Gasteiger charge is -2.05. The minimum Gasteiger partial charge on any atom is -0.504 e. The molecule has 0 amide bonds. The van der Waals surface area contributed by atoms with Crippen LogP contribution in [0.15, 0.2) is 35.1 Å². The van der Waals surface area contributed by atoms with Crippen LogP contribution >= 0.6 is 0 Å². The van der Waals surface area contributed by atoms with Crippen molar-refractivity contribution in [3.8, 4) is 17.4 Å². The summed E-state index contributed by atoms with van der Waals surface area (Å²) in [7, 11) is 0. The Morgan fingerprint density at radius 2 is 2.12 bits per heavy atom. The topological polar surface area (TPSA) is 75.2 Å². The molecule has 0 fully saturated rings. The highest BCUT2D eigenvalue weighted by Crippen LogP contribution is 2.28. The lowest BCUT2D eigenvalue weighted by Crippen LogP contribution is -2.08. The standard InChI is InChI=1S/C11H10N2O3/c1-7-12-10(15)6-11(13-7)16-9-5-3-2-4-8(9)14/h2-6,14H,1H3,(H,12,13,15). The SMILES string of the molecule is Cc1nc(Oc2ccccc2O)cc(=O)[nH]1. The van der Waals surface area contributed by atoms with Gasteiger partial charge in [0.05, 0.1) is 6.07 Å². The van der Waals surface area contributed by atoms with Gasteiger partial charge in [-0.05, 0) is 19.1 Å². The first kappa shape index (κ1) is 10.2. The van der Waals surface area contributed by atoms with Crippen LogP contribution in [0.3, 0.4) is 0 Å². The number of rotatable bonds is 2. The second-order valence-corrected chi connectivity index (χ2v) is 3.24. The molecule has 2 aromatic rings. The zero-order valence-electron chi connectivity index (χ0n) is 8.60. The summed E-state index contributed by atoms with van der Waals surface area (Å²) in [4.78, 5) is 17.6. The van der Waals surface area contributed by atoms with Crippen LogP contribution in [0.4, 0.5) is 0 Å². The molecule has 0 bridgehead atoms. The molecule has 1 aromatic carbocycles. The molecule has 0 aliphatic heterocycles. The Kier molecular flexibility index (Phi) is 2.59. The number of ether oxygens (including phenoxy) is 1. The first-order valence-electron chi connectivity index (χ1n) is 4.69. The van der Waals surface area contributed by atoms with Crippen molar-refractivity contribution in [2.24, 2.45) is 0 Å². The van der Waals surface area contributed by atoms with Crippen molar-refractivity contribution in [3.63, 3.8) is 0 Å². The quantitative estimate of drug-likeness (QED) is 0.802. The fourth-order valence-corrected chi connectivity index (χ4v) is 1.26. The van der Waals surface area contributed by atoms with E-state index >= 15 is 0 Å². The van der Waals surface area contributed by atoms with Crippen molar-refractivity contribution in [2.75, 3.05) is 0 Å². The van der Waals surface area contributed by atoms with Gasteiger partial charge in [0.1, 0.15) is 5.82 Å². The molecule has 1 aromatic heterocycles. The van der Waals surface area contributed by atoms with Gasteiger partial charge in [-0.25, -0.2) is 4.98 Å². The molecule has 0 atom stereocenters. The molecule has 5 nitrogen and oxygen atoms in total. The molecule has 0 saturated carbocycles. The number of hydrogen-bond acceptors (Lipinski definition) is 4. The smallest absolute Gasteiger partial charge is 0.254 e. The molecule has 0 radical (unpaired) electrons. The molecule has 0 spiro atoms. The van der Waals surface area contributed by atoms with Crippen LogP contribution in [0.1, 0.15) is 5.82 Å². The zero-order chi connectivity index (χ0) is 11.5. The van der Waals surface area contributed by atoms with Gasteiger partial charge < -0.3 is 14.8 Å². The Labute approximate surface area is 91.4 Å². The highest BCUT2D eigenvalue weighted by Gasteiger charge is 2.04. The molecule has 82 valence electrons. The van der Waals surface area contributed by atoms with Crippen LogP contribution in [0.5, 0.6) is 17.4 Å². The maximum absolute atomic E-state index is 11.1. The van der Waals surface area contributed by atoms with Gasteiger partial charge in [-0.3, -0.25) is 4.79 Å². The van der Waals surface area contributed by atoms with Crippen molar-refractivity contribution < 1.29 is 9.84 Å². The molecule has 0 aliphatic rings. The Hall–Kier alpha value is -2.30. The number of phenols is 1. The summed E-state index contributed by atoms with van der Waals surface area (Å²) in [6.45, 7) is 1.65. The number of aromatic amines is 1. The van der Waals surface area contributed by atoms with Crippen molar-refractivity contribution in [1.29, 1.82) is 0 Å². The van der Waals surface area contributed by atoms with E-state index in [1.807, 2.05) is 0 Å². The molecule has 0 saturated heterocycles. The summed E-state index contributed by atoms with van der Waals surface area (Å²) in [6, 6.07) is 7.70. The van der Waals surface area contributed by atoms with Gasteiger partial charge in [0.2, 0.25) is 5.88 Å². The monoisotopic (exact) mass is 218 g/mol. The number of benzene rings is 1. The van der Waals surface area contributed by atoms with E-state index in [9.17, 15) is 9.90 Å². The summed E-state index contributed by atoms with van der Waals surface area (Å²) < 4.78 is 5.29. The number of H-pyrrole nitrogens is 1. The van der Waals surface area contributed by atoms with Gasteiger partial charge in [-0.2, -0.15) is 0 Å². The first-order chi connectivity index (χ1) is 7.65. The average Bonchev–Trinajstić information content (AvgIpc) is 2.20. The van der Waals surface area contributed by atoms with Gasteiger partial charge in [0.15, 0.2) is 11.5 Å². The summed E-state index contributed by atoms with van der Waals surface area (Å²) in [5, 5.41) is 9.47. The lowest BCUT2D eigenvalue weighted by molar-refractivity contribution is 0.401. The van der Waals surface area contributed by atoms with E-state index in [-0.39, 0.29) is 22.9 Å². The fraction of sp³-hybridized carbons (Fsp3) is 0.0909. The Bertz CT molecular complexity index is 563. The maximum atomic E-state index is 11.1. The van der Waals surface area contributed by atoms with Gasteiger partial charge in [-0.15, -0.1) is 0 Å². The number of phenolic OH excluding ortho intramolecular Hbond substituents is 1. The van der Waals surface area contributed by atoms with Gasteiger partial charge >= 0.3 is 0 Å². The number of aromatic hydroxyl groups is 1. The summed E-state index contributed by atoms with van der Waals surface area (Å²) in [5.41, 5.74) is -0.294. The number of aromatic nitrogens is 2. The van der Waals surface area contributed by atoms with Crippen molar-refractivity contribution in [1.82, 2.24) is 9.97 Å². The molecule has 0 aliphatic carbocycles. The van der Waals surface area contributed by atoms with Gasteiger partial charge in [0, 0.05) is 0 Å². The zero-order valence-corrected chi connectivity index (χ0v) is 8.60. The van der Waals surface area contributed by atoms with Crippen LogP contribution in [-0.2, 0) is 0 Å². The highest BCUT2D eigenvalue weighted by atomic mass is 16.5. The minimum absolute atomic E-state index is 0.00207. The lowest BCUT2D eigenvalue weighted by atomic mass is 10.3. The summed E-state index contributed by atoms with van der Waals surface area (Å²) in [6.07, 6.45) is 0. The highest BCUT2D eigenvalue weighted by molar-refractivity contribution is 5.40. The van der Waals surface area contributed by atoms with Crippen molar-refractivity contribution >= 4 is 0 Å². The van der Waals surface area contributed by atoms with Crippen molar-refractivity contribution in [3.05, 3.63) is 46.5 Å². The second kappa shape index (κ2) is 4.06. The van der Waals surface area contributed by atoms with E-state index in [2.05, 4.69) is 9.97 Å². The van der Waals surface area contributed by atoms with E-state index in [1.54, 1.807) is 25.1 Å². The number of aryl methyl sites for hydroxylation is 1. The first-order valence-corrected chi connectivity index (χ1v) is 4.69. The molecule has 2 N–H and O–H groups in total. The number of nitrogens with zero attached hydrogens (tertiary/aromatic N) is 1. The van der Waals surface area contributed by atoms with Gasteiger partial charge in [-0.1, -0.05) is 12.1 Å². The Morgan fingerprint density at radius 1 is 1.38 bits per heavy atom. The fourth-order valence-electron chi connectivity index (χ4n) is 1.26. The minimum atomic E-state index is -0.294. The third kappa shape index (κ3) is 2.20. The third-order valence-corrected chi connectivity index (χ3v) is 1.92. The van der Waals surface area contributed by atoms with Crippen LogP contribution in [0.2, 0.25) is 0 Å². The molecular weight excluding hydrogens is 208 g/mol. The predicted molar refractivity (Wildman–Crippen MR) is 57.8 cm³/mol. The van der Waals surface area contributed by atoms with E-state index < -0.39 is 0 Å². The predicted octanol–water partition coefficient (Wildman–Crippen LogP) is 1.58. The summed E-state index contributed by atoms with van der Waals surface area (Å²) >= 11 is 0. The van der Waals surface area contributed by atoms with E-state index in [0.717, 1.165) is 0 Å². The number of hydrogen-bond donors (Lipinski definition) is 2. The molecular formula is C11H10N2O3. The largest absolute Gasteiger partial charge is 0.504 e. The number of para-hydroxylation sites is 2. The van der Waals surface area contributed by atoms with Crippen LogP contribution in [-0.4, -0.2) is 15.1 Å². The van der Waals surface area contributed by atoms with Crippen molar-refractivity contribution in [2.45, 2.75) is 6.92 Å². The van der Waals surface area contributed by atoms with Gasteiger partial charge in [0.25, 0.3) is 5.56 Å². The third-order valence-electron chi connectivity index (χ3n) is 1.92. The molecule has 2 rings (SSSR count). The summed E-state index contributed by atoms with van der Waals surface area (Å²) in [5.74, 6) is 0.878. The number of nitrogens with one attached hydrogen (secondary N) is 1. The van der Waals surface area contributed by atoms with Crippen LogP contribution in [0.25, 0.3) is 0 Å². The average molecular weight is 218 g/mol. The van der Waals surface area contributed by atoms with E-state index in [4.69, 9.17) is 4.74 Å². The van der Waals surface area contributed by atoms with E-state index in [1.165, 1.54) is 12.1 Å². The molecule has 5 heteroatoms. The van der Waals surface area contributed by atoms with E-state index in [0.29, 0.717) is 5.82 Å². The van der Waals surface area contributed by atoms with Crippen LogP contribution < -0.4 is 10.3 Å². The normalized spacial score (nSPS) is 10.1. The maximum Gasteiger partial charge on any atom is 0.254 e.